The van der Waals surface area contributed by atoms with E-state index < -0.39 is 10.0 Å². The summed E-state index contributed by atoms with van der Waals surface area (Å²) in [5.74, 6) is -0.231. The second-order valence-corrected chi connectivity index (χ2v) is 7.71. The van der Waals surface area contributed by atoms with Gasteiger partial charge in [0.05, 0.1) is 15.0 Å². The Morgan fingerprint density at radius 2 is 2.28 bits per heavy atom. The maximum Gasteiger partial charge on any atom is 0.263 e. The number of amides is 1. The molecule has 1 aliphatic rings. The molecule has 1 saturated heterocycles. The standard InChI is InChI=1S/C10H13ClN2O3S2/c11-9-2-1-8(17-9)10(14)13-4-3-7(5-13)6-18(12,15)16/h1-2,7H,3-6H2,(H2,12,15,16). The van der Waals surface area contributed by atoms with Crippen LogP contribution in [0.2, 0.25) is 4.34 Å². The Hall–Kier alpha value is -0.630. The van der Waals surface area contributed by atoms with E-state index in [0.717, 1.165) is 0 Å². The van der Waals surface area contributed by atoms with Gasteiger partial charge in [0.15, 0.2) is 0 Å². The highest BCUT2D eigenvalue weighted by molar-refractivity contribution is 7.89. The predicted octanol–water partition coefficient (Wildman–Crippen LogP) is 1.15. The highest BCUT2D eigenvalue weighted by Crippen LogP contribution is 2.25. The molecule has 1 unspecified atom stereocenters. The monoisotopic (exact) mass is 308 g/mol. The van der Waals surface area contributed by atoms with Crippen molar-refractivity contribution in [2.75, 3.05) is 18.8 Å². The van der Waals surface area contributed by atoms with Crippen molar-refractivity contribution in [3.05, 3.63) is 21.3 Å². The molecule has 0 aromatic carbocycles. The fraction of sp³-hybridized carbons (Fsp3) is 0.500. The molecule has 1 aromatic rings. The second-order valence-electron chi connectivity index (χ2n) is 4.34. The molecule has 2 heterocycles. The van der Waals surface area contributed by atoms with Crippen LogP contribution in [0.4, 0.5) is 0 Å². The molecular weight excluding hydrogens is 296 g/mol. The minimum absolute atomic E-state index is 0.0675. The lowest BCUT2D eigenvalue weighted by molar-refractivity contribution is 0.0793. The molecular formula is C10H13ClN2O3S2. The van der Waals surface area contributed by atoms with Crippen molar-refractivity contribution in [2.24, 2.45) is 11.1 Å². The Morgan fingerprint density at radius 3 is 2.83 bits per heavy atom. The number of carbonyl (C=O) groups excluding carboxylic acids is 1. The second kappa shape index (κ2) is 5.16. The van der Waals surface area contributed by atoms with Crippen LogP contribution in [0.15, 0.2) is 12.1 Å². The number of primary sulfonamides is 1. The average molecular weight is 309 g/mol. The van der Waals surface area contributed by atoms with Crippen LogP contribution >= 0.6 is 22.9 Å². The summed E-state index contributed by atoms with van der Waals surface area (Å²) >= 11 is 7.01. The molecule has 1 aromatic heterocycles. The summed E-state index contributed by atoms with van der Waals surface area (Å²) in [4.78, 5) is 14.3. The van der Waals surface area contributed by atoms with Gasteiger partial charge in [-0.3, -0.25) is 4.79 Å². The summed E-state index contributed by atoms with van der Waals surface area (Å²) in [6, 6.07) is 3.36. The Labute approximate surface area is 115 Å². The van der Waals surface area contributed by atoms with E-state index in [2.05, 4.69) is 0 Å². The van der Waals surface area contributed by atoms with Crippen molar-refractivity contribution in [2.45, 2.75) is 6.42 Å². The lowest BCUT2D eigenvalue weighted by Crippen LogP contribution is -2.30. The summed E-state index contributed by atoms with van der Waals surface area (Å²) in [5.41, 5.74) is 0. The first kappa shape index (κ1) is 13.8. The van der Waals surface area contributed by atoms with Crippen molar-refractivity contribution in [3.8, 4) is 0 Å². The number of nitrogens with zero attached hydrogens (tertiary/aromatic N) is 1. The molecule has 0 aliphatic carbocycles. The molecule has 18 heavy (non-hydrogen) atoms. The fourth-order valence-electron chi connectivity index (χ4n) is 2.07. The minimum atomic E-state index is -3.47. The zero-order chi connectivity index (χ0) is 13.3. The maximum absolute atomic E-state index is 12.1. The van der Waals surface area contributed by atoms with Gasteiger partial charge < -0.3 is 4.90 Å². The molecule has 0 saturated carbocycles. The van der Waals surface area contributed by atoms with E-state index in [4.69, 9.17) is 16.7 Å². The number of carbonyl (C=O) groups is 1. The number of likely N-dealkylation sites (tertiary alicyclic amines) is 1. The van der Waals surface area contributed by atoms with Crippen LogP contribution in [0.25, 0.3) is 0 Å². The molecule has 100 valence electrons. The lowest BCUT2D eigenvalue weighted by atomic mass is 10.2. The van der Waals surface area contributed by atoms with Gasteiger partial charge in [0.2, 0.25) is 10.0 Å². The van der Waals surface area contributed by atoms with E-state index in [1.54, 1.807) is 17.0 Å². The normalized spacial score (nSPS) is 20.3. The molecule has 1 aliphatic heterocycles. The summed E-state index contributed by atoms with van der Waals surface area (Å²) in [7, 11) is -3.47. The van der Waals surface area contributed by atoms with E-state index in [0.29, 0.717) is 28.7 Å². The number of hydrogen-bond donors (Lipinski definition) is 1. The predicted molar refractivity (Wildman–Crippen MR) is 71.3 cm³/mol. The van der Waals surface area contributed by atoms with Crippen molar-refractivity contribution < 1.29 is 13.2 Å². The molecule has 0 spiro atoms. The average Bonchev–Trinajstić information content (AvgIpc) is 2.84. The van der Waals surface area contributed by atoms with Crippen molar-refractivity contribution in [1.29, 1.82) is 0 Å². The van der Waals surface area contributed by atoms with Gasteiger partial charge in [-0.15, -0.1) is 11.3 Å². The van der Waals surface area contributed by atoms with Gasteiger partial charge in [-0.1, -0.05) is 11.6 Å². The van der Waals surface area contributed by atoms with Crippen LogP contribution in [0.3, 0.4) is 0 Å². The van der Waals surface area contributed by atoms with Crippen LogP contribution in [-0.4, -0.2) is 38.1 Å². The molecule has 0 bridgehead atoms. The van der Waals surface area contributed by atoms with Gasteiger partial charge in [0.25, 0.3) is 5.91 Å². The van der Waals surface area contributed by atoms with Crippen LogP contribution in [0.1, 0.15) is 16.1 Å². The van der Waals surface area contributed by atoms with Crippen LogP contribution in [-0.2, 0) is 10.0 Å². The third kappa shape index (κ3) is 3.44. The number of rotatable bonds is 3. The van der Waals surface area contributed by atoms with E-state index in [1.807, 2.05) is 0 Å². The van der Waals surface area contributed by atoms with Gasteiger partial charge in [0.1, 0.15) is 0 Å². The van der Waals surface area contributed by atoms with Crippen LogP contribution in [0, 0.1) is 5.92 Å². The van der Waals surface area contributed by atoms with Crippen molar-refractivity contribution in [3.63, 3.8) is 0 Å². The smallest absolute Gasteiger partial charge is 0.263 e. The largest absolute Gasteiger partial charge is 0.338 e. The van der Waals surface area contributed by atoms with Crippen LogP contribution in [0.5, 0.6) is 0 Å². The first-order valence-electron chi connectivity index (χ1n) is 5.40. The minimum Gasteiger partial charge on any atom is -0.338 e. The summed E-state index contributed by atoms with van der Waals surface area (Å²) in [5, 5.41) is 5.00. The van der Waals surface area contributed by atoms with Gasteiger partial charge in [-0.05, 0) is 24.5 Å². The Balaban J connectivity index is 1.99. The van der Waals surface area contributed by atoms with Gasteiger partial charge in [-0.25, -0.2) is 13.6 Å². The van der Waals surface area contributed by atoms with Crippen LogP contribution < -0.4 is 5.14 Å². The first-order valence-corrected chi connectivity index (χ1v) is 8.31. The molecule has 2 rings (SSSR count). The molecule has 1 atom stereocenters. The zero-order valence-electron chi connectivity index (χ0n) is 9.50. The zero-order valence-corrected chi connectivity index (χ0v) is 11.9. The summed E-state index contributed by atoms with van der Waals surface area (Å²) < 4.78 is 22.6. The number of thiophene rings is 1. The Morgan fingerprint density at radius 1 is 1.56 bits per heavy atom. The molecule has 1 fully saturated rings. The molecule has 2 N–H and O–H groups in total. The number of halogens is 1. The number of hydrogen-bond acceptors (Lipinski definition) is 4. The van der Waals surface area contributed by atoms with E-state index in [1.165, 1.54) is 11.3 Å². The molecule has 0 radical (unpaired) electrons. The molecule has 8 heteroatoms. The van der Waals surface area contributed by atoms with E-state index in [-0.39, 0.29) is 17.6 Å². The number of sulfonamides is 1. The quantitative estimate of drug-likeness (QED) is 0.909. The SMILES string of the molecule is NS(=O)(=O)CC1CCN(C(=O)c2ccc(Cl)s2)C1. The molecule has 5 nitrogen and oxygen atoms in total. The maximum atomic E-state index is 12.1. The van der Waals surface area contributed by atoms with Crippen molar-refractivity contribution in [1.82, 2.24) is 4.90 Å². The van der Waals surface area contributed by atoms with E-state index in [9.17, 15) is 13.2 Å². The lowest BCUT2D eigenvalue weighted by Gasteiger charge is -2.15. The number of nitrogens with two attached hydrogens (primary N) is 1. The highest BCUT2D eigenvalue weighted by Gasteiger charge is 2.29. The summed E-state index contributed by atoms with van der Waals surface area (Å²) in [6.45, 7) is 0.999. The van der Waals surface area contributed by atoms with Gasteiger partial charge in [0, 0.05) is 13.1 Å². The van der Waals surface area contributed by atoms with E-state index >= 15 is 0 Å². The Kier molecular flexibility index (Phi) is 3.96. The third-order valence-electron chi connectivity index (χ3n) is 2.83. The Bertz CT molecular complexity index is 555. The van der Waals surface area contributed by atoms with Gasteiger partial charge in [-0.2, -0.15) is 0 Å². The van der Waals surface area contributed by atoms with Crippen molar-refractivity contribution >= 4 is 38.9 Å². The highest BCUT2D eigenvalue weighted by atomic mass is 35.5. The summed E-state index contributed by atoms with van der Waals surface area (Å²) in [6.07, 6.45) is 0.668. The fourth-order valence-corrected chi connectivity index (χ4v) is 4.01. The van der Waals surface area contributed by atoms with Gasteiger partial charge >= 0.3 is 0 Å². The molecule has 1 amide bonds. The first-order chi connectivity index (χ1) is 8.35. The topological polar surface area (TPSA) is 80.5 Å². The third-order valence-corrected chi connectivity index (χ3v) is 4.98.